The van der Waals surface area contributed by atoms with Gasteiger partial charge in [0.1, 0.15) is 5.82 Å². The van der Waals surface area contributed by atoms with Crippen LogP contribution in [0.5, 0.6) is 0 Å². The highest BCUT2D eigenvalue weighted by Crippen LogP contribution is 2.25. The van der Waals surface area contributed by atoms with Crippen molar-refractivity contribution in [2.45, 2.75) is 38.3 Å². The fraction of sp³-hybridized carbons (Fsp3) is 0.571. The Balaban J connectivity index is 1.96. The molecule has 1 aromatic rings. The maximum atomic E-state index is 13.2. The maximum Gasteiger partial charge on any atom is 0.137 e. The van der Waals surface area contributed by atoms with Crippen molar-refractivity contribution in [3.05, 3.63) is 34.1 Å². The Labute approximate surface area is 116 Å². The predicted octanol–water partition coefficient (Wildman–Crippen LogP) is 3.33. The van der Waals surface area contributed by atoms with Crippen LogP contribution in [0.15, 0.2) is 22.7 Å². The highest BCUT2D eigenvalue weighted by atomic mass is 79.9. The molecule has 1 unspecified atom stereocenters. The summed E-state index contributed by atoms with van der Waals surface area (Å²) in [5.74, 6) is -0.211. The van der Waals surface area contributed by atoms with Crippen molar-refractivity contribution in [1.29, 1.82) is 0 Å². The van der Waals surface area contributed by atoms with Gasteiger partial charge in [0, 0.05) is 19.2 Å². The molecule has 1 saturated heterocycles. The number of hydrogen-bond donors (Lipinski definition) is 1. The molecule has 1 heterocycles. The van der Waals surface area contributed by atoms with E-state index in [1.165, 1.54) is 18.9 Å². The van der Waals surface area contributed by atoms with Crippen LogP contribution in [0.25, 0.3) is 0 Å². The van der Waals surface area contributed by atoms with E-state index in [0.717, 1.165) is 31.5 Å². The van der Waals surface area contributed by atoms with Crippen LogP contribution in [-0.4, -0.2) is 29.2 Å². The van der Waals surface area contributed by atoms with Gasteiger partial charge < -0.3 is 5.11 Å². The zero-order valence-corrected chi connectivity index (χ0v) is 12.0. The van der Waals surface area contributed by atoms with Gasteiger partial charge in [0.2, 0.25) is 0 Å². The molecule has 1 N–H and O–H groups in total. The zero-order valence-electron chi connectivity index (χ0n) is 10.4. The van der Waals surface area contributed by atoms with Gasteiger partial charge in [-0.2, -0.15) is 0 Å². The van der Waals surface area contributed by atoms with Crippen LogP contribution in [0.4, 0.5) is 4.39 Å². The van der Waals surface area contributed by atoms with Gasteiger partial charge in [0.25, 0.3) is 0 Å². The molecule has 1 aromatic carbocycles. The molecule has 0 radical (unpaired) electrons. The molecular weight excluding hydrogens is 297 g/mol. The van der Waals surface area contributed by atoms with Gasteiger partial charge in [-0.3, -0.25) is 4.90 Å². The Morgan fingerprint density at radius 2 is 2.28 bits per heavy atom. The molecule has 18 heavy (non-hydrogen) atoms. The van der Waals surface area contributed by atoms with E-state index in [9.17, 15) is 4.39 Å². The van der Waals surface area contributed by atoms with Gasteiger partial charge in [-0.15, -0.1) is 0 Å². The number of rotatable bonds is 5. The summed E-state index contributed by atoms with van der Waals surface area (Å²) in [7, 11) is 0. The van der Waals surface area contributed by atoms with Crippen molar-refractivity contribution in [2.75, 3.05) is 13.2 Å². The van der Waals surface area contributed by atoms with Gasteiger partial charge in [0.05, 0.1) is 4.47 Å². The molecule has 0 spiro atoms. The normalized spacial score (nSPS) is 20.5. The molecule has 0 aliphatic carbocycles. The van der Waals surface area contributed by atoms with E-state index in [0.29, 0.717) is 10.5 Å². The molecule has 1 atom stereocenters. The minimum Gasteiger partial charge on any atom is -0.396 e. The summed E-state index contributed by atoms with van der Waals surface area (Å²) < 4.78 is 13.7. The number of halogens is 2. The predicted molar refractivity (Wildman–Crippen MR) is 73.9 cm³/mol. The lowest BCUT2D eigenvalue weighted by atomic mass is 10.1. The average Bonchev–Trinajstić information content (AvgIpc) is 2.79. The van der Waals surface area contributed by atoms with Gasteiger partial charge in [0.15, 0.2) is 0 Å². The van der Waals surface area contributed by atoms with Crippen LogP contribution in [0.3, 0.4) is 0 Å². The second-order valence-electron chi connectivity index (χ2n) is 4.88. The standard InChI is InChI=1S/C14H19BrFNO/c15-13-9-11(5-6-14(13)16)10-17-7-1-3-12(17)4-2-8-18/h5-6,9,12,18H,1-4,7-8,10H2. The Morgan fingerprint density at radius 1 is 1.44 bits per heavy atom. The lowest BCUT2D eigenvalue weighted by Crippen LogP contribution is -2.29. The van der Waals surface area contributed by atoms with Crippen molar-refractivity contribution >= 4 is 15.9 Å². The summed E-state index contributed by atoms with van der Waals surface area (Å²) in [6.07, 6.45) is 4.36. The number of nitrogens with zero attached hydrogens (tertiary/aromatic N) is 1. The van der Waals surface area contributed by atoms with Crippen molar-refractivity contribution in [1.82, 2.24) is 4.90 Å². The molecule has 2 rings (SSSR count). The van der Waals surface area contributed by atoms with E-state index in [4.69, 9.17) is 5.11 Å². The summed E-state index contributed by atoms with van der Waals surface area (Å²) in [5.41, 5.74) is 1.14. The monoisotopic (exact) mass is 315 g/mol. The Bertz CT molecular complexity index is 399. The van der Waals surface area contributed by atoms with Gasteiger partial charge in [-0.1, -0.05) is 6.07 Å². The summed E-state index contributed by atoms with van der Waals surface area (Å²) in [5, 5.41) is 8.90. The highest BCUT2D eigenvalue weighted by Gasteiger charge is 2.23. The second kappa shape index (κ2) is 6.64. The molecule has 100 valence electrons. The molecule has 1 fully saturated rings. The Kier molecular flexibility index (Phi) is 5.15. The molecule has 0 aromatic heterocycles. The zero-order chi connectivity index (χ0) is 13.0. The Morgan fingerprint density at radius 3 is 3.00 bits per heavy atom. The van der Waals surface area contributed by atoms with Crippen LogP contribution in [0, 0.1) is 5.82 Å². The first kappa shape index (κ1) is 14.0. The maximum absolute atomic E-state index is 13.2. The molecule has 0 saturated carbocycles. The average molecular weight is 316 g/mol. The Hall–Kier alpha value is -0.450. The van der Waals surface area contributed by atoms with Gasteiger partial charge in [-0.05, 0) is 65.9 Å². The highest BCUT2D eigenvalue weighted by molar-refractivity contribution is 9.10. The molecule has 4 heteroatoms. The second-order valence-corrected chi connectivity index (χ2v) is 5.74. The van der Waals surface area contributed by atoms with E-state index in [1.807, 2.05) is 12.1 Å². The third kappa shape index (κ3) is 3.53. The SMILES string of the molecule is OCCCC1CCCN1Cc1ccc(F)c(Br)c1. The lowest BCUT2D eigenvalue weighted by molar-refractivity contribution is 0.210. The fourth-order valence-corrected chi connectivity index (χ4v) is 3.06. The van der Waals surface area contributed by atoms with E-state index in [2.05, 4.69) is 20.8 Å². The van der Waals surface area contributed by atoms with E-state index < -0.39 is 0 Å². The topological polar surface area (TPSA) is 23.5 Å². The van der Waals surface area contributed by atoms with Crippen LogP contribution in [0.2, 0.25) is 0 Å². The summed E-state index contributed by atoms with van der Waals surface area (Å²) in [6, 6.07) is 5.79. The first-order valence-corrected chi connectivity index (χ1v) is 7.29. The van der Waals surface area contributed by atoms with Gasteiger partial charge >= 0.3 is 0 Å². The molecule has 0 bridgehead atoms. The molecule has 2 nitrogen and oxygen atoms in total. The molecular formula is C14H19BrFNO. The molecule has 1 aliphatic rings. The minimum absolute atomic E-state index is 0.211. The third-order valence-corrected chi connectivity index (χ3v) is 4.17. The summed E-state index contributed by atoms with van der Waals surface area (Å²) in [6.45, 7) is 2.24. The van der Waals surface area contributed by atoms with Crippen molar-refractivity contribution < 1.29 is 9.50 Å². The van der Waals surface area contributed by atoms with E-state index >= 15 is 0 Å². The van der Waals surface area contributed by atoms with Crippen molar-refractivity contribution in [2.24, 2.45) is 0 Å². The number of benzene rings is 1. The first-order valence-electron chi connectivity index (χ1n) is 6.49. The fourth-order valence-electron chi connectivity index (χ4n) is 2.63. The minimum atomic E-state index is -0.211. The molecule has 0 amide bonds. The van der Waals surface area contributed by atoms with E-state index in [1.54, 1.807) is 0 Å². The number of aliphatic hydroxyl groups excluding tert-OH is 1. The summed E-state index contributed by atoms with van der Waals surface area (Å²) >= 11 is 3.23. The molecule has 1 aliphatic heterocycles. The van der Waals surface area contributed by atoms with Crippen LogP contribution >= 0.6 is 15.9 Å². The third-order valence-electron chi connectivity index (χ3n) is 3.56. The number of hydrogen-bond acceptors (Lipinski definition) is 2. The lowest BCUT2D eigenvalue weighted by Gasteiger charge is -2.24. The van der Waals surface area contributed by atoms with Crippen LogP contribution in [-0.2, 0) is 6.54 Å². The van der Waals surface area contributed by atoms with Crippen LogP contribution in [0.1, 0.15) is 31.2 Å². The number of aliphatic hydroxyl groups is 1. The summed E-state index contributed by atoms with van der Waals surface area (Å²) in [4.78, 5) is 2.44. The first-order chi connectivity index (χ1) is 8.70. The number of likely N-dealkylation sites (tertiary alicyclic amines) is 1. The largest absolute Gasteiger partial charge is 0.396 e. The van der Waals surface area contributed by atoms with E-state index in [-0.39, 0.29) is 12.4 Å². The smallest absolute Gasteiger partial charge is 0.137 e. The van der Waals surface area contributed by atoms with Crippen molar-refractivity contribution in [3.8, 4) is 0 Å². The van der Waals surface area contributed by atoms with Crippen LogP contribution < -0.4 is 0 Å². The quantitative estimate of drug-likeness (QED) is 0.901. The van der Waals surface area contributed by atoms with Gasteiger partial charge in [-0.25, -0.2) is 4.39 Å². The van der Waals surface area contributed by atoms with Crippen molar-refractivity contribution in [3.63, 3.8) is 0 Å².